The molecule has 0 aliphatic heterocycles. The number of esters is 2. The van der Waals surface area contributed by atoms with Gasteiger partial charge in [0.1, 0.15) is 17.6 Å². The van der Waals surface area contributed by atoms with E-state index in [-0.39, 0.29) is 17.4 Å². The molecule has 2 aliphatic carbocycles. The Labute approximate surface area is 222 Å². The lowest BCUT2D eigenvalue weighted by atomic mass is 9.94. The Bertz CT molecular complexity index is 998. The third-order valence-electron chi connectivity index (χ3n) is 6.38. The van der Waals surface area contributed by atoms with Gasteiger partial charge in [0.2, 0.25) is 0 Å². The van der Waals surface area contributed by atoms with Crippen molar-refractivity contribution in [2.75, 3.05) is 41.6 Å². The van der Waals surface area contributed by atoms with E-state index in [0.717, 1.165) is 53.9 Å². The van der Waals surface area contributed by atoms with Crippen LogP contribution >= 0.6 is 23.2 Å². The van der Waals surface area contributed by atoms with E-state index in [9.17, 15) is 9.59 Å². The van der Waals surface area contributed by atoms with Gasteiger partial charge >= 0.3 is 11.9 Å². The number of carbonyl (C=O) groups is 2. The number of hydrogen-bond donors (Lipinski definition) is 0. The Kier molecular flexibility index (Phi) is 11.3. The lowest BCUT2D eigenvalue weighted by Crippen LogP contribution is -2.22. The van der Waals surface area contributed by atoms with E-state index < -0.39 is 5.41 Å². The number of carbonyl (C=O) groups excluding carboxylic acids is 2. The maximum absolute atomic E-state index is 11.8. The summed E-state index contributed by atoms with van der Waals surface area (Å²) in [6.45, 7) is 0. The first-order valence-electron chi connectivity index (χ1n) is 11.4. The Hall–Kier alpha value is -2.48. The largest absolute Gasteiger partial charge is 0.497 e. The summed E-state index contributed by atoms with van der Waals surface area (Å²) < 4.78 is 24.3. The van der Waals surface area contributed by atoms with Gasteiger partial charge in [-0.3, -0.25) is 9.59 Å². The van der Waals surface area contributed by atoms with Gasteiger partial charge in [-0.15, -0.1) is 11.6 Å². The number of benzene rings is 2. The Morgan fingerprint density at radius 2 is 1.22 bits per heavy atom. The fourth-order valence-corrected chi connectivity index (χ4v) is 4.16. The van der Waals surface area contributed by atoms with Crippen LogP contribution in [0.15, 0.2) is 42.5 Å². The molecule has 2 aliphatic rings. The summed E-state index contributed by atoms with van der Waals surface area (Å²) in [7, 11) is 7.65. The van der Waals surface area contributed by atoms with E-state index in [4.69, 9.17) is 42.1 Å². The highest BCUT2D eigenvalue weighted by molar-refractivity contribution is 6.17. The molecule has 198 valence electrons. The van der Waals surface area contributed by atoms with Gasteiger partial charge in [-0.05, 0) is 61.1 Å². The average molecular weight is 541 g/mol. The molecule has 2 fully saturated rings. The smallest absolute Gasteiger partial charge is 0.316 e. The summed E-state index contributed by atoms with van der Waals surface area (Å²) in [5.74, 6) is 1.63. The molecule has 0 bridgehead atoms. The molecule has 2 aromatic rings. The van der Waals surface area contributed by atoms with Crippen LogP contribution in [-0.2, 0) is 40.5 Å². The lowest BCUT2D eigenvalue weighted by molar-refractivity contribution is -0.144. The summed E-state index contributed by atoms with van der Waals surface area (Å²) in [6.07, 6.45) is 3.44. The lowest BCUT2D eigenvalue weighted by Gasteiger charge is -2.15. The summed E-state index contributed by atoms with van der Waals surface area (Å²) in [5, 5.41) is 0. The zero-order valence-electron chi connectivity index (χ0n) is 21.4. The average Bonchev–Trinajstić information content (AvgIpc) is 3.87. The molecule has 9 heteroatoms. The van der Waals surface area contributed by atoms with Crippen molar-refractivity contribution in [1.82, 2.24) is 0 Å². The normalized spacial score (nSPS) is 15.6. The van der Waals surface area contributed by atoms with Crippen LogP contribution in [0.3, 0.4) is 0 Å². The third kappa shape index (κ3) is 6.84. The maximum atomic E-state index is 11.8. The van der Waals surface area contributed by atoms with Crippen LogP contribution in [0.5, 0.6) is 11.5 Å². The van der Waals surface area contributed by atoms with Crippen LogP contribution in [-0.4, -0.2) is 53.6 Å². The minimum absolute atomic E-state index is 0.132. The molecule has 0 spiro atoms. The summed E-state index contributed by atoms with van der Waals surface area (Å²) in [4.78, 5) is 23.4. The molecule has 0 saturated heterocycles. The number of rotatable bonds is 8. The molecule has 2 saturated carbocycles. The van der Waals surface area contributed by atoms with Crippen molar-refractivity contribution in [2.45, 2.75) is 42.4 Å². The monoisotopic (exact) mass is 540 g/mol. The van der Waals surface area contributed by atoms with Gasteiger partial charge in [-0.25, -0.2) is 0 Å². The van der Waals surface area contributed by atoms with Crippen LogP contribution < -0.4 is 9.47 Å². The Morgan fingerprint density at radius 1 is 0.750 bits per heavy atom. The van der Waals surface area contributed by atoms with E-state index in [1.807, 2.05) is 42.5 Å². The van der Waals surface area contributed by atoms with Gasteiger partial charge in [0, 0.05) is 12.7 Å². The minimum Gasteiger partial charge on any atom is -0.497 e. The fourth-order valence-electron chi connectivity index (χ4n) is 3.95. The number of ether oxygens (including phenoxy) is 5. The van der Waals surface area contributed by atoms with Crippen LogP contribution in [0.2, 0.25) is 0 Å². The van der Waals surface area contributed by atoms with Gasteiger partial charge in [-0.2, -0.15) is 0 Å². The number of hydrogen-bond acceptors (Lipinski definition) is 7. The van der Waals surface area contributed by atoms with Crippen LogP contribution in [0.4, 0.5) is 0 Å². The highest BCUT2D eigenvalue weighted by atomic mass is 35.5. The minimum atomic E-state index is -0.443. The summed E-state index contributed by atoms with van der Waals surface area (Å²) >= 11 is 10.8. The quantitative estimate of drug-likeness (QED) is 0.329. The summed E-state index contributed by atoms with van der Waals surface area (Å²) in [5.41, 5.74) is 2.08. The van der Waals surface area contributed by atoms with Crippen molar-refractivity contribution < 1.29 is 33.3 Å². The topological polar surface area (TPSA) is 80.3 Å². The number of methoxy groups -OCH3 is 5. The molecule has 0 amide bonds. The maximum Gasteiger partial charge on any atom is 0.316 e. The van der Waals surface area contributed by atoms with Crippen molar-refractivity contribution in [3.63, 3.8) is 0 Å². The molecule has 0 N–H and O–H groups in total. The molecule has 2 aromatic carbocycles. The van der Waals surface area contributed by atoms with E-state index in [1.165, 1.54) is 14.2 Å². The van der Waals surface area contributed by atoms with E-state index in [1.54, 1.807) is 21.3 Å². The first-order valence-corrected chi connectivity index (χ1v) is 12.5. The molecule has 0 heterocycles. The zero-order chi connectivity index (χ0) is 26.8. The Morgan fingerprint density at radius 3 is 1.58 bits per heavy atom. The number of alkyl halides is 2. The summed E-state index contributed by atoms with van der Waals surface area (Å²) in [6, 6.07) is 13.6. The predicted octanol–water partition coefficient (Wildman–Crippen LogP) is 5.37. The van der Waals surface area contributed by atoms with Gasteiger partial charge in [0.15, 0.2) is 0 Å². The van der Waals surface area contributed by atoms with Crippen molar-refractivity contribution in [1.29, 1.82) is 0 Å². The van der Waals surface area contributed by atoms with Gasteiger partial charge in [0.05, 0.1) is 45.1 Å². The fraction of sp³-hybridized carbons (Fsp3) is 0.481. The van der Waals surface area contributed by atoms with Crippen LogP contribution in [0.1, 0.15) is 42.4 Å². The standard InChI is InChI=1S/C13H15ClO3.C12H14O3.C2H5ClO/c1-16-11-4-3-10(7-9(11)8-14)13(5-6-13)12(15)17-2;1-14-10-5-3-9(4-6-10)12(7-8-12)11(13)15-2;1-4-2-3/h3-4,7H,5-6,8H2,1-2H3;3-6H,7-8H2,1-2H3;2H2,1H3. The van der Waals surface area contributed by atoms with E-state index >= 15 is 0 Å². The number of halogens is 2. The second-order valence-electron chi connectivity index (χ2n) is 8.43. The first-order chi connectivity index (χ1) is 17.3. The van der Waals surface area contributed by atoms with Gasteiger partial charge < -0.3 is 23.7 Å². The molecule has 0 atom stereocenters. The molecule has 7 nitrogen and oxygen atoms in total. The Balaban J connectivity index is 0.000000222. The molecule has 36 heavy (non-hydrogen) atoms. The first kappa shape index (κ1) is 29.7. The second kappa shape index (κ2) is 13.7. The molecular weight excluding hydrogens is 507 g/mol. The van der Waals surface area contributed by atoms with Crippen molar-refractivity contribution >= 4 is 35.1 Å². The molecule has 4 rings (SSSR count). The predicted molar refractivity (Wildman–Crippen MR) is 139 cm³/mol. The zero-order valence-corrected chi connectivity index (χ0v) is 22.9. The highest BCUT2D eigenvalue weighted by Crippen LogP contribution is 2.50. The highest BCUT2D eigenvalue weighted by Gasteiger charge is 2.53. The van der Waals surface area contributed by atoms with Crippen molar-refractivity contribution in [3.05, 3.63) is 59.2 Å². The van der Waals surface area contributed by atoms with Gasteiger partial charge in [-0.1, -0.05) is 29.8 Å². The van der Waals surface area contributed by atoms with Crippen molar-refractivity contribution in [3.8, 4) is 11.5 Å². The molecular formula is C27H34Cl2O7. The van der Waals surface area contributed by atoms with E-state index in [2.05, 4.69) is 4.74 Å². The molecule has 0 aromatic heterocycles. The second-order valence-corrected chi connectivity index (χ2v) is 8.92. The molecule has 0 unspecified atom stereocenters. The molecule has 0 radical (unpaired) electrons. The third-order valence-corrected chi connectivity index (χ3v) is 6.89. The SMILES string of the molecule is COC(=O)C1(c2ccc(OC)c(CCl)c2)CC1.COC(=O)C1(c2ccc(OC)cc2)CC1.COCCl. The van der Waals surface area contributed by atoms with Crippen LogP contribution in [0, 0.1) is 0 Å². The van der Waals surface area contributed by atoms with Crippen LogP contribution in [0.25, 0.3) is 0 Å². The van der Waals surface area contributed by atoms with Crippen molar-refractivity contribution in [2.24, 2.45) is 0 Å². The van der Waals surface area contributed by atoms with E-state index in [0.29, 0.717) is 11.9 Å². The van der Waals surface area contributed by atoms with Gasteiger partial charge in [0.25, 0.3) is 0 Å².